The highest BCUT2D eigenvalue weighted by Gasteiger charge is 2.23. The van der Waals surface area contributed by atoms with Gasteiger partial charge in [-0.3, -0.25) is 19.7 Å². The summed E-state index contributed by atoms with van der Waals surface area (Å²) in [5.41, 5.74) is -1.17. The van der Waals surface area contributed by atoms with Gasteiger partial charge in [-0.15, -0.1) is 0 Å². The number of carboxylic acid groups (broad SMARTS) is 1. The number of hydrogen-bond acceptors (Lipinski definition) is 6. The van der Waals surface area contributed by atoms with Crippen molar-refractivity contribution in [1.29, 1.82) is 0 Å². The van der Waals surface area contributed by atoms with Crippen molar-refractivity contribution < 1.29 is 24.4 Å². The molecule has 9 nitrogen and oxygen atoms in total. The van der Waals surface area contributed by atoms with Gasteiger partial charge in [-0.1, -0.05) is 24.3 Å². The van der Waals surface area contributed by atoms with Crippen molar-refractivity contribution in [3.8, 4) is 0 Å². The second-order valence-corrected chi connectivity index (χ2v) is 7.45. The average molecular weight is 530 g/mol. The number of nitrogens with one attached hydrogen (secondary N) is 2. The maximum absolute atomic E-state index is 12.7. The molecule has 10 heteroatoms. The van der Waals surface area contributed by atoms with Crippen LogP contribution in [0.4, 0.5) is 17.1 Å². The van der Waals surface area contributed by atoms with Crippen LogP contribution >= 0.6 is 22.6 Å². The van der Waals surface area contributed by atoms with Crippen molar-refractivity contribution in [2.45, 2.75) is 0 Å². The smallest absolute Gasteiger partial charge is 0.279 e. The van der Waals surface area contributed by atoms with Gasteiger partial charge in [0.25, 0.3) is 17.5 Å². The highest BCUT2D eigenvalue weighted by molar-refractivity contribution is 14.1. The number of amides is 2. The zero-order valence-corrected chi connectivity index (χ0v) is 17.8. The first-order valence-electron chi connectivity index (χ1n) is 8.74. The Morgan fingerprint density at radius 2 is 1.45 bits per heavy atom. The second kappa shape index (κ2) is 9.34. The Hall–Kier alpha value is -3.80. The molecule has 0 fully saturated rings. The maximum Gasteiger partial charge on any atom is 0.279 e. The first-order chi connectivity index (χ1) is 14.8. The van der Waals surface area contributed by atoms with Crippen molar-refractivity contribution in [2.24, 2.45) is 0 Å². The molecule has 3 aromatic rings. The van der Waals surface area contributed by atoms with Crippen LogP contribution in [0.2, 0.25) is 0 Å². The molecular formula is C21H13IN3O6-. The van der Waals surface area contributed by atoms with E-state index in [0.717, 1.165) is 15.7 Å². The Morgan fingerprint density at radius 3 is 2.03 bits per heavy atom. The van der Waals surface area contributed by atoms with E-state index in [1.165, 1.54) is 12.1 Å². The van der Waals surface area contributed by atoms with E-state index < -0.39 is 39.5 Å². The Balaban J connectivity index is 1.90. The van der Waals surface area contributed by atoms with Crippen LogP contribution in [0.3, 0.4) is 0 Å². The number of para-hydroxylation sites is 2. The summed E-state index contributed by atoms with van der Waals surface area (Å²) in [6.07, 6.45) is 0. The topological polar surface area (TPSA) is 141 Å². The van der Waals surface area contributed by atoms with Crippen LogP contribution in [0, 0.1) is 13.7 Å². The van der Waals surface area contributed by atoms with E-state index in [1.807, 2.05) is 6.07 Å². The maximum atomic E-state index is 12.7. The Kier molecular flexibility index (Phi) is 6.60. The molecule has 0 aromatic heterocycles. The molecular weight excluding hydrogens is 517 g/mol. The molecule has 2 amide bonds. The molecule has 0 saturated heterocycles. The van der Waals surface area contributed by atoms with E-state index in [4.69, 9.17) is 0 Å². The summed E-state index contributed by atoms with van der Waals surface area (Å²) in [5.74, 6) is -3.16. The number of rotatable bonds is 6. The van der Waals surface area contributed by atoms with E-state index in [-0.39, 0.29) is 11.4 Å². The SMILES string of the molecule is O=C(Nc1ccccc1NC(=O)c1cccc([N+](=O)[O-])c1C(=O)[O-])c1cccc(I)c1. The average Bonchev–Trinajstić information content (AvgIpc) is 2.74. The molecule has 0 saturated carbocycles. The van der Waals surface area contributed by atoms with Gasteiger partial charge in [0, 0.05) is 15.2 Å². The lowest BCUT2D eigenvalue weighted by Gasteiger charge is -2.14. The van der Waals surface area contributed by atoms with E-state index >= 15 is 0 Å². The predicted octanol–water partition coefficient (Wildman–Crippen LogP) is 3.07. The minimum Gasteiger partial charge on any atom is -0.545 e. The fourth-order valence-corrected chi connectivity index (χ4v) is 3.35. The van der Waals surface area contributed by atoms with Crippen LogP contribution in [0.15, 0.2) is 66.7 Å². The zero-order valence-electron chi connectivity index (χ0n) is 15.6. The summed E-state index contributed by atoms with van der Waals surface area (Å²) in [6.45, 7) is 0. The van der Waals surface area contributed by atoms with Crippen molar-refractivity contribution >= 4 is 57.4 Å². The molecule has 0 aliphatic heterocycles. The van der Waals surface area contributed by atoms with Crippen LogP contribution in [0.25, 0.3) is 0 Å². The van der Waals surface area contributed by atoms with Crippen molar-refractivity contribution in [3.63, 3.8) is 0 Å². The molecule has 0 aliphatic rings. The molecule has 0 bridgehead atoms. The minimum atomic E-state index is -1.85. The molecule has 0 atom stereocenters. The number of aromatic carboxylic acids is 1. The number of hydrogen-bond donors (Lipinski definition) is 2. The van der Waals surface area contributed by atoms with Gasteiger partial charge in [-0.25, -0.2) is 0 Å². The molecule has 156 valence electrons. The van der Waals surface area contributed by atoms with Gasteiger partial charge in [0.15, 0.2) is 0 Å². The van der Waals surface area contributed by atoms with Crippen molar-refractivity contribution in [3.05, 3.63) is 97.1 Å². The van der Waals surface area contributed by atoms with Gasteiger partial charge in [-0.2, -0.15) is 0 Å². The molecule has 31 heavy (non-hydrogen) atoms. The third-order valence-corrected chi connectivity index (χ3v) is 4.87. The fraction of sp³-hybridized carbons (Fsp3) is 0. The summed E-state index contributed by atoms with van der Waals surface area (Å²) >= 11 is 2.08. The minimum absolute atomic E-state index is 0.183. The van der Waals surface area contributed by atoms with Gasteiger partial charge in [-0.05, 0) is 59.0 Å². The lowest BCUT2D eigenvalue weighted by Crippen LogP contribution is -2.28. The van der Waals surface area contributed by atoms with Gasteiger partial charge < -0.3 is 20.5 Å². The number of benzene rings is 3. The van der Waals surface area contributed by atoms with Crippen LogP contribution in [0.1, 0.15) is 31.1 Å². The second-order valence-electron chi connectivity index (χ2n) is 6.21. The molecule has 2 N–H and O–H groups in total. The predicted molar refractivity (Wildman–Crippen MR) is 119 cm³/mol. The van der Waals surface area contributed by atoms with E-state index in [2.05, 4.69) is 33.2 Å². The molecule has 0 aliphatic carbocycles. The highest BCUT2D eigenvalue weighted by Crippen LogP contribution is 2.26. The normalized spacial score (nSPS) is 10.2. The first kappa shape index (κ1) is 21.9. The van der Waals surface area contributed by atoms with E-state index in [9.17, 15) is 29.6 Å². The molecule has 0 radical (unpaired) electrons. The Bertz CT molecular complexity index is 1210. The van der Waals surface area contributed by atoms with Gasteiger partial charge >= 0.3 is 0 Å². The zero-order chi connectivity index (χ0) is 22.5. The fourth-order valence-electron chi connectivity index (χ4n) is 2.81. The lowest BCUT2D eigenvalue weighted by molar-refractivity contribution is -0.385. The molecule has 0 unspecified atom stereocenters. The summed E-state index contributed by atoms with van der Waals surface area (Å²) in [6, 6.07) is 16.5. The molecule has 0 heterocycles. The van der Waals surface area contributed by atoms with Crippen molar-refractivity contribution in [2.75, 3.05) is 10.6 Å². The Labute approximate surface area is 189 Å². The van der Waals surface area contributed by atoms with Crippen molar-refractivity contribution in [1.82, 2.24) is 0 Å². The number of carbonyl (C=O) groups is 3. The number of carbonyl (C=O) groups excluding carboxylic acids is 3. The standard InChI is InChI=1S/C21H14IN3O6/c22-13-6-3-5-12(11-13)19(26)23-15-8-1-2-9-16(15)24-20(27)14-7-4-10-17(25(30)31)18(14)21(28)29/h1-11H,(H,23,26)(H,24,27)(H,28,29)/p-1. The number of anilines is 2. The molecule has 3 rings (SSSR count). The lowest BCUT2D eigenvalue weighted by atomic mass is 10.0. The summed E-state index contributed by atoms with van der Waals surface area (Å²) < 4.78 is 0.868. The molecule has 0 spiro atoms. The van der Waals surface area contributed by atoms with Gasteiger partial charge in [0.2, 0.25) is 0 Å². The highest BCUT2D eigenvalue weighted by atomic mass is 127. The number of carboxylic acids is 1. The van der Waals surface area contributed by atoms with Crippen LogP contribution in [0.5, 0.6) is 0 Å². The van der Waals surface area contributed by atoms with E-state index in [0.29, 0.717) is 5.56 Å². The van der Waals surface area contributed by atoms with Crippen LogP contribution in [-0.4, -0.2) is 22.7 Å². The summed E-state index contributed by atoms with van der Waals surface area (Å²) in [7, 11) is 0. The number of nitrogens with zero attached hydrogens (tertiary/aromatic N) is 1. The third-order valence-electron chi connectivity index (χ3n) is 4.20. The van der Waals surface area contributed by atoms with E-state index in [1.54, 1.807) is 36.4 Å². The summed E-state index contributed by atoms with van der Waals surface area (Å²) in [4.78, 5) is 46.9. The van der Waals surface area contributed by atoms with Crippen LogP contribution in [-0.2, 0) is 0 Å². The number of nitro groups is 1. The molecule has 3 aromatic carbocycles. The first-order valence-corrected chi connectivity index (χ1v) is 9.82. The monoisotopic (exact) mass is 530 g/mol. The third kappa shape index (κ3) is 5.04. The van der Waals surface area contributed by atoms with Gasteiger partial charge in [0.05, 0.1) is 33.4 Å². The Morgan fingerprint density at radius 1 is 0.839 bits per heavy atom. The quantitative estimate of drug-likeness (QED) is 0.285. The largest absolute Gasteiger partial charge is 0.545 e. The number of nitro benzene ring substituents is 1. The van der Waals surface area contributed by atoms with Gasteiger partial charge in [0.1, 0.15) is 0 Å². The summed E-state index contributed by atoms with van der Waals surface area (Å²) in [5, 5.41) is 27.7. The van der Waals surface area contributed by atoms with Crippen LogP contribution < -0.4 is 15.7 Å². The number of halogens is 1.